The number of benzene rings is 2. The Kier molecular flexibility index (Phi) is 10.2. The van der Waals surface area contributed by atoms with Gasteiger partial charge in [-0.05, 0) is 19.1 Å². The van der Waals surface area contributed by atoms with Gasteiger partial charge in [0.15, 0.2) is 0 Å². The molecule has 0 unspecified atom stereocenters. The van der Waals surface area contributed by atoms with E-state index in [9.17, 15) is 4.79 Å². The highest BCUT2D eigenvalue weighted by molar-refractivity contribution is 5.90. The van der Waals surface area contributed by atoms with Gasteiger partial charge in [0.25, 0.3) is 0 Å². The second-order valence-corrected chi connectivity index (χ2v) is 3.67. The first-order valence-electron chi connectivity index (χ1n) is 6.36. The monoisotopic (exact) mass is 306 g/mol. The quantitative estimate of drug-likeness (QED) is 0.798. The van der Waals surface area contributed by atoms with E-state index in [1.807, 2.05) is 43.3 Å². The molecule has 0 saturated carbocycles. The smallest absolute Gasteiger partial charge is 0.493 e. The second kappa shape index (κ2) is 11.8. The summed E-state index contributed by atoms with van der Waals surface area (Å²) >= 11 is 0. The van der Waals surface area contributed by atoms with E-state index in [1.54, 1.807) is 18.2 Å². The molecule has 0 heterocycles. The second-order valence-electron chi connectivity index (χ2n) is 3.67. The Bertz CT molecular complexity index is 523. The summed E-state index contributed by atoms with van der Waals surface area (Å²) in [7, 11) is 0. The van der Waals surface area contributed by atoms with Crippen LogP contribution in [0.15, 0.2) is 60.7 Å². The summed E-state index contributed by atoms with van der Waals surface area (Å²) in [6.07, 6.45) is -1.83. The summed E-state index contributed by atoms with van der Waals surface area (Å²) < 4.78 is 5.12. The van der Waals surface area contributed by atoms with E-state index >= 15 is 0 Å². The molecule has 0 fully saturated rings. The topological polar surface area (TPSA) is 104 Å². The molecule has 6 nitrogen and oxygen atoms in total. The molecule has 0 atom stereocenters. The lowest BCUT2D eigenvalue weighted by Crippen LogP contribution is -2.01. The van der Waals surface area contributed by atoms with Gasteiger partial charge in [-0.15, -0.1) is 0 Å². The van der Waals surface area contributed by atoms with E-state index in [1.165, 1.54) is 6.07 Å². The van der Waals surface area contributed by atoms with Crippen LogP contribution in [0, 0.1) is 0 Å². The maximum atomic E-state index is 10.6. The van der Waals surface area contributed by atoms with Crippen LogP contribution in [0.2, 0.25) is 0 Å². The Morgan fingerprint density at radius 3 is 1.64 bits per heavy atom. The van der Waals surface area contributed by atoms with Gasteiger partial charge in [-0.3, -0.25) is 0 Å². The van der Waals surface area contributed by atoms with Crippen LogP contribution in [0.1, 0.15) is 17.3 Å². The van der Waals surface area contributed by atoms with Gasteiger partial charge in [-0.1, -0.05) is 48.5 Å². The van der Waals surface area contributed by atoms with Gasteiger partial charge in [0.1, 0.15) is 11.3 Å². The fourth-order valence-electron chi connectivity index (χ4n) is 1.31. The van der Waals surface area contributed by atoms with Gasteiger partial charge in [-0.25, -0.2) is 9.59 Å². The van der Waals surface area contributed by atoms with E-state index in [2.05, 4.69) is 0 Å². The third-order valence-electron chi connectivity index (χ3n) is 2.08. The molecular formula is C16H18O6. The predicted octanol–water partition coefficient (Wildman–Crippen LogP) is 3.69. The number of rotatable bonds is 3. The summed E-state index contributed by atoms with van der Waals surface area (Å²) in [6, 6.07) is 18.6. The number of hydrogen-bond donors (Lipinski definition) is 3. The molecule has 2 rings (SSSR count). The number of ether oxygens (including phenoxy) is 1. The lowest BCUT2D eigenvalue weighted by Gasteiger charge is -2.05. The van der Waals surface area contributed by atoms with Crippen LogP contribution >= 0.6 is 0 Å². The first-order valence-corrected chi connectivity index (χ1v) is 6.36. The van der Waals surface area contributed by atoms with Gasteiger partial charge < -0.3 is 20.1 Å². The minimum absolute atomic E-state index is 0.208. The van der Waals surface area contributed by atoms with Gasteiger partial charge in [0.2, 0.25) is 0 Å². The SMILES string of the molecule is CCOc1ccccc1C(=O)O.O=C(O)O.c1ccccc1. The summed E-state index contributed by atoms with van der Waals surface area (Å²) in [5, 5.41) is 22.7. The molecule has 0 aliphatic carbocycles. The van der Waals surface area contributed by atoms with Crippen molar-refractivity contribution in [1.29, 1.82) is 0 Å². The zero-order valence-corrected chi connectivity index (χ0v) is 12.0. The van der Waals surface area contributed by atoms with Crippen LogP contribution in [0.25, 0.3) is 0 Å². The van der Waals surface area contributed by atoms with Crippen molar-refractivity contribution < 1.29 is 29.6 Å². The Morgan fingerprint density at radius 1 is 0.864 bits per heavy atom. The number of hydrogen-bond acceptors (Lipinski definition) is 3. The van der Waals surface area contributed by atoms with Crippen molar-refractivity contribution in [2.24, 2.45) is 0 Å². The molecule has 2 aromatic carbocycles. The van der Waals surface area contributed by atoms with Crippen LogP contribution < -0.4 is 4.74 Å². The first kappa shape index (κ1) is 19.0. The fourth-order valence-corrected chi connectivity index (χ4v) is 1.31. The summed E-state index contributed by atoms with van der Waals surface area (Å²) in [6.45, 7) is 2.29. The van der Waals surface area contributed by atoms with E-state index in [-0.39, 0.29) is 5.56 Å². The lowest BCUT2D eigenvalue weighted by atomic mass is 10.2. The molecule has 0 radical (unpaired) electrons. The van der Waals surface area contributed by atoms with E-state index < -0.39 is 12.1 Å². The number of para-hydroxylation sites is 1. The van der Waals surface area contributed by atoms with Gasteiger partial charge in [-0.2, -0.15) is 0 Å². The molecule has 3 N–H and O–H groups in total. The Morgan fingerprint density at radius 2 is 1.27 bits per heavy atom. The highest BCUT2D eigenvalue weighted by Gasteiger charge is 2.08. The molecule has 2 aromatic rings. The van der Waals surface area contributed by atoms with Gasteiger partial charge in [0.05, 0.1) is 6.61 Å². The van der Waals surface area contributed by atoms with Crippen LogP contribution in [0.4, 0.5) is 4.79 Å². The molecule has 0 aliphatic rings. The standard InChI is InChI=1S/C9H10O3.C6H6.CH2O3/c1-2-12-8-6-4-3-5-7(8)9(10)11;1-2-4-6-5-3-1;2-1(3)4/h3-6H,2H2,1H3,(H,10,11);1-6H;(H2,2,3,4). The molecule has 0 aliphatic heterocycles. The third-order valence-corrected chi connectivity index (χ3v) is 2.08. The van der Waals surface area contributed by atoms with Gasteiger partial charge >= 0.3 is 12.1 Å². The van der Waals surface area contributed by atoms with E-state index in [4.69, 9.17) is 24.9 Å². The number of aromatic carboxylic acids is 1. The zero-order valence-electron chi connectivity index (χ0n) is 12.0. The molecule has 0 spiro atoms. The number of carbonyl (C=O) groups is 2. The minimum Gasteiger partial charge on any atom is -0.493 e. The highest BCUT2D eigenvalue weighted by atomic mass is 16.6. The van der Waals surface area contributed by atoms with Crippen molar-refractivity contribution in [2.45, 2.75) is 6.92 Å². The lowest BCUT2D eigenvalue weighted by molar-refractivity contribution is 0.0692. The van der Waals surface area contributed by atoms with E-state index in [0.29, 0.717) is 12.4 Å². The van der Waals surface area contributed by atoms with Crippen molar-refractivity contribution in [2.75, 3.05) is 6.61 Å². The molecule has 22 heavy (non-hydrogen) atoms. The van der Waals surface area contributed by atoms with Crippen molar-refractivity contribution in [1.82, 2.24) is 0 Å². The van der Waals surface area contributed by atoms with Crippen molar-refractivity contribution >= 4 is 12.1 Å². The average Bonchev–Trinajstić information content (AvgIpc) is 2.50. The van der Waals surface area contributed by atoms with Crippen molar-refractivity contribution in [3.63, 3.8) is 0 Å². The highest BCUT2D eigenvalue weighted by Crippen LogP contribution is 2.17. The average molecular weight is 306 g/mol. The Hall–Kier alpha value is -3.02. The summed E-state index contributed by atoms with van der Waals surface area (Å²) in [5.74, 6) is -0.536. The molecule has 0 amide bonds. The predicted molar refractivity (Wildman–Crippen MR) is 81.7 cm³/mol. The van der Waals surface area contributed by atoms with Crippen LogP contribution in [-0.4, -0.2) is 34.1 Å². The van der Waals surface area contributed by atoms with Crippen molar-refractivity contribution in [3.05, 3.63) is 66.2 Å². The van der Waals surface area contributed by atoms with Crippen LogP contribution in [0.3, 0.4) is 0 Å². The van der Waals surface area contributed by atoms with Gasteiger partial charge in [0, 0.05) is 0 Å². The van der Waals surface area contributed by atoms with Crippen LogP contribution in [0.5, 0.6) is 5.75 Å². The third kappa shape index (κ3) is 9.85. The minimum atomic E-state index is -1.83. The largest absolute Gasteiger partial charge is 0.503 e. The molecular weight excluding hydrogens is 288 g/mol. The maximum absolute atomic E-state index is 10.6. The Balaban J connectivity index is 0.000000366. The summed E-state index contributed by atoms with van der Waals surface area (Å²) in [4.78, 5) is 19.2. The number of carboxylic acid groups (broad SMARTS) is 3. The molecule has 0 saturated heterocycles. The van der Waals surface area contributed by atoms with E-state index in [0.717, 1.165) is 0 Å². The first-order chi connectivity index (χ1) is 10.5. The van der Waals surface area contributed by atoms with Crippen molar-refractivity contribution in [3.8, 4) is 5.75 Å². The Labute approximate surface area is 128 Å². The fraction of sp³-hybridized carbons (Fsp3) is 0.125. The normalized spacial score (nSPS) is 8.41. The molecule has 0 bridgehead atoms. The molecule has 0 aromatic heterocycles. The molecule has 118 valence electrons. The zero-order chi connectivity index (χ0) is 16.8. The molecule has 6 heteroatoms. The maximum Gasteiger partial charge on any atom is 0.503 e. The number of carboxylic acids is 1. The summed E-state index contributed by atoms with van der Waals surface area (Å²) in [5.41, 5.74) is 0.208. The van der Waals surface area contributed by atoms with Crippen LogP contribution in [-0.2, 0) is 0 Å².